The highest BCUT2D eigenvalue weighted by molar-refractivity contribution is 5.91. The lowest BCUT2D eigenvalue weighted by Gasteiger charge is -2.34. The highest BCUT2D eigenvalue weighted by Gasteiger charge is 2.37. The standard InChI is InChI=1S/C22H18N2O10/c23-34-13-6-15(26)14-8-19(33-22(30)10-1-11(24-31)5-12(25)2-10)21(32-18(14)7-13)9-3-16(27)20(29)17(28)4-9/h1-7,19,21,25-29H,8,23H2/t19?,21-/m1/s1. The zero-order valence-corrected chi connectivity index (χ0v) is 17.2. The number of hydrogen-bond donors (Lipinski definition) is 6. The van der Waals surface area contributed by atoms with Crippen LogP contribution in [0.1, 0.15) is 27.6 Å². The number of esters is 1. The summed E-state index contributed by atoms with van der Waals surface area (Å²) in [5.41, 5.74) is 0.00919. The lowest BCUT2D eigenvalue weighted by atomic mass is 9.93. The van der Waals surface area contributed by atoms with Crippen LogP contribution in [0.3, 0.4) is 0 Å². The average Bonchev–Trinajstić information content (AvgIpc) is 2.81. The molecule has 0 saturated carbocycles. The maximum absolute atomic E-state index is 12.8. The van der Waals surface area contributed by atoms with Crippen LogP contribution in [0, 0.1) is 4.91 Å². The van der Waals surface area contributed by atoms with Gasteiger partial charge in [0.15, 0.2) is 29.1 Å². The van der Waals surface area contributed by atoms with E-state index in [2.05, 4.69) is 10.0 Å². The normalized spacial score (nSPS) is 16.7. The molecule has 2 atom stereocenters. The minimum atomic E-state index is -1.14. The maximum atomic E-state index is 12.8. The molecule has 176 valence electrons. The van der Waals surface area contributed by atoms with E-state index in [-0.39, 0.29) is 51.8 Å². The molecule has 1 unspecified atom stereocenters. The smallest absolute Gasteiger partial charge is 0.338 e. The molecule has 12 heteroatoms. The van der Waals surface area contributed by atoms with E-state index in [1.54, 1.807) is 0 Å². The summed E-state index contributed by atoms with van der Waals surface area (Å²) in [6.45, 7) is 0. The first-order valence-corrected chi connectivity index (χ1v) is 9.72. The van der Waals surface area contributed by atoms with Gasteiger partial charge in [0.05, 0.1) is 5.56 Å². The molecule has 0 bridgehead atoms. The molecule has 1 heterocycles. The number of rotatable bonds is 5. The van der Waals surface area contributed by atoms with Gasteiger partial charge in [0, 0.05) is 35.7 Å². The van der Waals surface area contributed by atoms with E-state index >= 15 is 0 Å². The van der Waals surface area contributed by atoms with Crippen LogP contribution < -0.4 is 15.5 Å². The lowest BCUT2D eigenvalue weighted by Crippen LogP contribution is -2.34. The van der Waals surface area contributed by atoms with Gasteiger partial charge in [-0.05, 0) is 29.4 Å². The number of fused-ring (bicyclic) bond motifs is 1. The Kier molecular flexibility index (Phi) is 5.73. The molecule has 4 rings (SSSR count). The van der Waals surface area contributed by atoms with Crippen LogP contribution in [0.25, 0.3) is 0 Å². The van der Waals surface area contributed by atoms with Gasteiger partial charge in [-0.15, -0.1) is 4.91 Å². The van der Waals surface area contributed by atoms with Crippen molar-refractivity contribution in [3.8, 4) is 40.2 Å². The third kappa shape index (κ3) is 4.17. The molecule has 0 aromatic heterocycles. The number of phenolic OH excluding ortho intramolecular Hbond substituents is 5. The monoisotopic (exact) mass is 470 g/mol. The van der Waals surface area contributed by atoms with Crippen LogP contribution in [-0.2, 0) is 11.2 Å². The molecule has 3 aromatic rings. The fourth-order valence-electron chi connectivity index (χ4n) is 3.65. The second-order valence-electron chi connectivity index (χ2n) is 7.46. The second-order valence-corrected chi connectivity index (χ2v) is 7.46. The van der Waals surface area contributed by atoms with Gasteiger partial charge in [-0.3, -0.25) is 0 Å². The number of nitroso groups, excluding NO2 is 1. The molecule has 0 spiro atoms. The first-order chi connectivity index (χ1) is 16.2. The van der Waals surface area contributed by atoms with Gasteiger partial charge in [0.1, 0.15) is 29.0 Å². The van der Waals surface area contributed by atoms with Crippen molar-refractivity contribution in [2.75, 3.05) is 0 Å². The minimum absolute atomic E-state index is 0.0792. The van der Waals surface area contributed by atoms with Crippen molar-refractivity contribution < 1.29 is 44.6 Å². The van der Waals surface area contributed by atoms with E-state index in [1.165, 1.54) is 12.1 Å². The Bertz CT molecular complexity index is 1270. The maximum Gasteiger partial charge on any atom is 0.338 e. The quantitative estimate of drug-likeness (QED) is 0.138. The highest BCUT2D eigenvalue weighted by Crippen LogP contribution is 2.45. The van der Waals surface area contributed by atoms with Crippen LogP contribution in [0.15, 0.2) is 47.6 Å². The van der Waals surface area contributed by atoms with Crippen molar-refractivity contribution in [1.82, 2.24) is 0 Å². The van der Waals surface area contributed by atoms with E-state index in [1.807, 2.05) is 0 Å². The van der Waals surface area contributed by atoms with Crippen LogP contribution in [-0.4, -0.2) is 37.6 Å². The Labute approximate surface area is 190 Å². The largest absolute Gasteiger partial charge is 0.508 e. The number of carbonyl (C=O) groups excluding carboxylic acids is 1. The summed E-state index contributed by atoms with van der Waals surface area (Å²) in [5, 5.41) is 52.4. The Morgan fingerprint density at radius 1 is 0.971 bits per heavy atom. The van der Waals surface area contributed by atoms with Gasteiger partial charge in [-0.1, -0.05) is 0 Å². The Hall–Kier alpha value is -4.71. The number of nitrogens with two attached hydrogens (primary N) is 1. The van der Waals surface area contributed by atoms with Gasteiger partial charge in [0.25, 0.3) is 0 Å². The predicted octanol–water partition coefficient (Wildman–Crippen LogP) is 2.77. The molecule has 0 aliphatic carbocycles. The number of hydrogen-bond acceptors (Lipinski definition) is 12. The highest BCUT2D eigenvalue weighted by atomic mass is 16.6. The van der Waals surface area contributed by atoms with Gasteiger partial charge in [-0.25, -0.2) is 4.79 Å². The SMILES string of the molecule is NOc1cc(O)c2c(c1)O[C@H](c1cc(O)c(O)c(O)c1)C(OC(=O)c1cc(O)cc(N=O)c1)C2. The number of nitrogens with zero attached hydrogens (tertiary/aromatic N) is 1. The van der Waals surface area contributed by atoms with E-state index in [0.717, 1.165) is 30.3 Å². The molecule has 12 nitrogen and oxygen atoms in total. The van der Waals surface area contributed by atoms with Crippen LogP contribution in [0.4, 0.5) is 5.69 Å². The topological polar surface area (TPSA) is 201 Å². The van der Waals surface area contributed by atoms with Crippen molar-refractivity contribution in [1.29, 1.82) is 0 Å². The third-order valence-electron chi connectivity index (χ3n) is 5.21. The molecule has 0 radical (unpaired) electrons. The minimum Gasteiger partial charge on any atom is -0.508 e. The van der Waals surface area contributed by atoms with Crippen LogP contribution in [0.5, 0.6) is 40.2 Å². The molecule has 0 fully saturated rings. The van der Waals surface area contributed by atoms with Crippen molar-refractivity contribution in [3.63, 3.8) is 0 Å². The van der Waals surface area contributed by atoms with Gasteiger partial charge in [-0.2, -0.15) is 5.90 Å². The number of phenols is 5. The number of ether oxygens (including phenoxy) is 2. The van der Waals surface area contributed by atoms with Gasteiger partial charge in [0.2, 0.25) is 0 Å². The summed E-state index contributed by atoms with van der Waals surface area (Å²) < 4.78 is 11.5. The van der Waals surface area contributed by atoms with Crippen molar-refractivity contribution in [3.05, 3.63) is 64.1 Å². The fourth-order valence-corrected chi connectivity index (χ4v) is 3.65. The molecule has 3 aromatic carbocycles. The zero-order valence-electron chi connectivity index (χ0n) is 17.2. The summed E-state index contributed by atoms with van der Waals surface area (Å²) in [4.78, 5) is 28.3. The molecule has 0 saturated heterocycles. The molecular formula is C22H18N2O10. The summed E-state index contributed by atoms with van der Waals surface area (Å²) in [6, 6.07) is 8.08. The molecular weight excluding hydrogens is 452 g/mol. The average molecular weight is 470 g/mol. The predicted molar refractivity (Wildman–Crippen MR) is 114 cm³/mol. The molecule has 1 aliphatic rings. The van der Waals surface area contributed by atoms with E-state index < -0.39 is 35.4 Å². The summed E-state index contributed by atoms with van der Waals surface area (Å²) in [7, 11) is 0. The first kappa shape index (κ1) is 22.5. The van der Waals surface area contributed by atoms with Crippen molar-refractivity contribution >= 4 is 11.7 Å². The van der Waals surface area contributed by atoms with Crippen LogP contribution >= 0.6 is 0 Å². The number of benzene rings is 3. The van der Waals surface area contributed by atoms with E-state index in [4.69, 9.17) is 15.4 Å². The van der Waals surface area contributed by atoms with Gasteiger partial charge < -0.3 is 39.8 Å². The Morgan fingerprint density at radius 2 is 1.68 bits per heavy atom. The first-order valence-electron chi connectivity index (χ1n) is 9.72. The zero-order chi connectivity index (χ0) is 24.6. The summed E-state index contributed by atoms with van der Waals surface area (Å²) in [6.07, 6.45) is -2.35. The second kappa shape index (κ2) is 8.67. The summed E-state index contributed by atoms with van der Waals surface area (Å²) in [5.74, 6) is 1.75. The van der Waals surface area contributed by atoms with E-state index in [9.17, 15) is 35.2 Å². The van der Waals surface area contributed by atoms with E-state index in [0.29, 0.717) is 0 Å². The Morgan fingerprint density at radius 3 is 2.32 bits per heavy atom. The summed E-state index contributed by atoms with van der Waals surface area (Å²) >= 11 is 0. The third-order valence-corrected chi connectivity index (χ3v) is 5.21. The van der Waals surface area contributed by atoms with Crippen LogP contribution in [0.2, 0.25) is 0 Å². The molecule has 7 N–H and O–H groups in total. The molecule has 0 amide bonds. The molecule has 1 aliphatic heterocycles. The fraction of sp³-hybridized carbons (Fsp3) is 0.136. The van der Waals surface area contributed by atoms with Gasteiger partial charge >= 0.3 is 5.97 Å². The molecule has 34 heavy (non-hydrogen) atoms. The van der Waals surface area contributed by atoms with Crippen molar-refractivity contribution in [2.45, 2.75) is 18.6 Å². The number of carbonyl (C=O) groups is 1. The van der Waals surface area contributed by atoms with Crippen molar-refractivity contribution in [2.24, 2.45) is 11.1 Å². The Balaban J connectivity index is 1.75. The lowest BCUT2D eigenvalue weighted by molar-refractivity contribution is -0.0189. The number of aromatic hydroxyl groups is 5.